The number of carbonyl (C=O) groups is 2. The number of aromatic nitrogens is 2. The highest BCUT2D eigenvalue weighted by molar-refractivity contribution is 7.14. The SMILES string of the molecule is O=C(COC(=O)c1ccc2ocnc2c1)Nc1nc(-c2ccc(Cl)cc2Cl)cs1. The standard InChI is InChI=1S/C19H11Cl2N3O4S/c20-11-2-3-12(13(21)6-11)15-8-29-19(23-15)24-17(25)7-27-18(26)10-1-4-16-14(5-10)22-9-28-16/h1-6,8-9H,7H2,(H,23,24,25). The van der Waals surface area contributed by atoms with E-state index in [2.05, 4.69) is 15.3 Å². The van der Waals surface area contributed by atoms with Gasteiger partial charge in [-0.2, -0.15) is 0 Å². The van der Waals surface area contributed by atoms with Gasteiger partial charge in [-0.15, -0.1) is 11.3 Å². The van der Waals surface area contributed by atoms with Gasteiger partial charge < -0.3 is 9.15 Å². The van der Waals surface area contributed by atoms with E-state index in [0.29, 0.717) is 37.5 Å². The quantitative estimate of drug-likeness (QED) is 0.430. The lowest BCUT2D eigenvalue weighted by atomic mass is 10.2. The Hall–Kier alpha value is -2.94. The van der Waals surface area contributed by atoms with Crippen molar-refractivity contribution < 1.29 is 18.7 Å². The zero-order valence-corrected chi connectivity index (χ0v) is 16.8. The number of esters is 1. The highest BCUT2D eigenvalue weighted by atomic mass is 35.5. The van der Waals surface area contributed by atoms with E-state index in [1.165, 1.54) is 29.9 Å². The number of rotatable bonds is 5. The molecule has 7 nitrogen and oxygen atoms in total. The van der Waals surface area contributed by atoms with E-state index in [4.69, 9.17) is 32.4 Å². The van der Waals surface area contributed by atoms with Crippen LogP contribution in [0.5, 0.6) is 0 Å². The maximum absolute atomic E-state index is 12.1. The molecule has 0 radical (unpaired) electrons. The smallest absolute Gasteiger partial charge is 0.338 e. The summed E-state index contributed by atoms with van der Waals surface area (Å²) in [4.78, 5) is 32.5. The molecule has 10 heteroatoms. The number of halogens is 2. The Balaban J connectivity index is 1.36. The predicted molar refractivity (Wildman–Crippen MR) is 110 cm³/mol. The van der Waals surface area contributed by atoms with Gasteiger partial charge in [-0.1, -0.05) is 23.2 Å². The summed E-state index contributed by atoms with van der Waals surface area (Å²) in [6.07, 6.45) is 1.28. The van der Waals surface area contributed by atoms with Crippen molar-refractivity contribution in [3.05, 3.63) is 63.8 Å². The van der Waals surface area contributed by atoms with Crippen LogP contribution in [0.25, 0.3) is 22.4 Å². The Labute approximate surface area is 178 Å². The van der Waals surface area contributed by atoms with Gasteiger partial charge in [0.25, 0.3) is 5.91 Å². The number of fused-ring (bicyclic) bond motifs is 1. The summed E-state index contributed by atoms with van der Waals surface area (Å²) in [6, 6.07) is 9.75. The Morgan fingerprint density at radius 1 is 1.17 bits per heavy atom. The summed E-state index contributed by atoms with van der Waals surface area (Å²) in [5.74, 6) is -1.15. The van der Waals surface area contributed by atoms with E-state index in [1.807, 2.05) is 0 Å². The zero-order valence-electron chi connectivity index (χ0n) is 14.5. The highest BCUT2D eigenvalue weighted by Crippen LogP contribution is 2.32. The lowest BCUT2D eigenvalue weighted by Gasteiger charge is -2.05. The van der Waals surface area contributed by atoms with Crippen LogP contribution in [0.4, 0.5) is 5.13 Å². The predicted octanol–water partition coefficient (Wildman–Crippen LogP) is 5.05. The van der Waals surface area contributed by atoms with E-state index in [1.54, 1.807) is 29.6 Å². The molecule has 0 fully saturated rings. The van der Waals surface area contributed by atoms with Gasteiger partial charge in [-0.05, 0) is 36.4 Å². The van der Waals surface area contributed by atoms with Crippen molar-refractivity contribution in [3.63, 3.8) is 0 Å². The van der Waals surface area contributed by atoms with Gasteiger partial charge in [0, 0.05) is 16.0 Å². The first-order chi connectivity index (χ1) is 14.0. The van der Waals surface area contributed by atoms with Gasteiger partial charge >= 0.3 is 5.97 Å². The third kappa shape index (κ3) is 4.40. The van der Waals surface area contributed by atoms with Crippen molar-refractivity contribution in [2.45, 2.75) is 0 Å². The molecule has 2 heterocycles. The van der Waals surface area contributed by atoms with Crippen LogP contribution in [0.15, 0.2) is 52.6 Å². The molecular formula is C19H11Cl2N3O4S. The molecule has 1 amide bonds. The van der Waals surface area contributed by atoms with Crippen LogP contribution in [-0.2, 0) is 9.53 Å². The van der Waals surface area contributed by atoms with Gasteiger partial charge in [0.05, 0.1) is 16.3 Å². The lowest BCUT2D eigenvalue weighted by molar-refractivity contribution is -0.119. The minimum absolute atomic E-state index is 0.271. The molecule has 4 rings (SSSR count). The van der Waals surface area contributed by atoms with Crippen LogP contribution in [0.2, 0.25) is 10.0 Å². The van der Waals surface area contributed by atoms with Crippen molar-refractivity contribution >= 4 is 62.6 Å². The number of amides is 1. The van der Waals surface area contributed by atoms with Crippen LogP contribution in [-0.4, -0.2) is 28.5 Å². The maximum Gasteiger partial charge on any atom is 0.338 e. The summed E-state index contributed by atoms with van der Waals surface area (Å²) in [7, 11) is 0. The molecule has 146 valence electrons. The summed E-state index contributed by atoms with van der Waals surface area (Å²) in [5.41, 5.74) is 2.65. The molecule has 0 aliphatic carbocycles. The van der Waals surface area contributed by atoms with E-state index >= 15 is 0 Å². The van der Waals surface area contributed by atoms with Gasteiger partial charge in [-0.25, -0.2) is 14.8 Å². The molecule has 2 aromatic carbocycles. The molecule has 0 aliphatic rings. The van der Waals surface area contributed by atoms with Crippen molar-refractivity contribution in [2.75, 3.05) is 11.9 Å². The molecule has 1 N–H and O–H groups in total. The third-order valence-electron chi connectivity index (χ3n) is 3.86. The van der Waals surface area contributed by atoms with Crippen LogP contribution < -0.4 is 5.32 Å². The topological polar surface area (TPSA) is 94.3 Å². The summed E-state index contributed by atoms with van der Waals surface area (Å²) in [5, 5.41) is 5.68. The van der Waals surface area contributed by atoms with Gasteiger partial charge in [-0.3, -0.25) is 10.1 Å². The van der Waals surface area contributed by atoms with Crippen molar-refractivity contribution in [2.24, 2.45) is 0 Å². The minimum atomic E-state index is -0.641. The molecule has 0 atom stereocenters. The van der Waals surface area contributed by atoms with Gasteiger partial charge in [0.1, 0.15) is 5.52 Å². The summed E-state index contributed by atoms with van der Waals surface area (Å²) in [6.45, 7) is -0.452. The number of oxazole rings is 1. The molecule has 0 unspecified atom stereocenters. The Morgan fingerprint density at radius 2 is 2.03 bits per heavy atom. The Bertz CT molecular complexity index is 1220. The van der Waals surface area contributed by atoms with Crippen molar-refractivity contribution in [3.8, 4) is 11.3 Å². The van der Waals surface area contributed by atoms with Crippen LogP contribution in [0.3, 0.4) is 0 Å². The number of thiazole rings is 1. The number of anilines is 1. The molecule has 0 spiro atoms. The van der Waals surface area contributed by atoms with Crippen molar-refractivity contribution in [1.82, 2.24) is 9.97 Å². The third-order valence-corrected chi connectivity index (χ3v) is 5.16. The fourth-order valence-electron chi connectivity index (χ4n) is 2.51. The van der Waals surface area contributed by atoms with E-state index < -0.39 is 18.5 Å². The number of hydrogen-bond donors (Lipinski definition) is 1. The Morgan fingerprint density at radius 3 is 2.86 bits per heavy atom. The lowest BCUT2D eigenvalue weighted by Crippen LogP contribution is -2.20. The number of ether oxygens (including phenoxy) is 1. The average molecular weight is 448 g/mol. The molecule has 0 bridgehead atoms. The molecule has 29 heavy (non-hydrogen) atoms. The second kappa shape index (κ2) is 8.20. The maximum atomic E-state index is 12.1. The molecule has 0 saturated carbocycles. The molecule has 0 aliphatic heterocycles. The van der Waals surface area contributed by atoms with Crippen molar-refractivity contribution in [1.29, 1.82) is 0 Å². The van der Waals surface area contributed by atoms with Gasteiger partial charge in [0.15, 0.2) is 23.7 Å². The molecular weight excluding hydrogens is 437 g/mol. The molecule has 0 saturated heterocycles. The number of nitrogens with zero attached hydrogens (tertiary/aromatic N) is 2. The molecule has 2 aromatic heterocycles. The fraction of sp³-hybridized carbons (Fsp3) is 0.0526. The summed E-state index contributed by atoms with van der Waals surface area (Å²) >= 11 is 13.3. The molecule has 4 aromatic rings. The minimum Gasteiger partial charge on any atom is -0.452 e. The average Bonchev–Trinajstić information content (AvgIpc) is 3.34. The zero-order chi connectivity index (χ0) is 20.4. The second-order valence-electron chi connectivity index (χ2n) is 5.82. The number of hydrogen-bond acceptors (Lipinski definition) is 7. The van der Waals surface area contributed by atoms with Gasteiger partial charge in [0.2, 0.25) is 0 Å². The first-order valence-electron chi connectivity index (χ1n) is 8.21. The van der Waals surface area contributed by atoms with E-state index in [9.17, 15) is 9.59 Å². The first kappa shape index (κ1) is 19.4. The van der Waals surface area contributed by atoms with Crippen LogP contribution >= 0.6 is 34.5 Å². The normalized spacial score (nSPS) is 10.8. The van der Waals surface area contributed by atoms with Crippen LogP contribution in [0, 0.1) is 0 Å². The highest BCUT2D eigenvalue weighted by Gasteiger charge is 2.14. The monoisotopic (exact) mass is 447 g/mol. The van der Waals surface area contributed by atoms with E-state index in [-0.39, 0.29) is 5.56 Å². The van der Waals surface area contributed by atoms with Crippen LogP contribution in [0.1, 0.15) is 10.4 Å². The van der Waals surface area contributed by atoms with E-state index in [0.717, 1.165) is 0 Å². The first-order valence-corrected chi connectivity index (χ1v) is 9.84. The Kier molecular flexibility index (Phi) is 5.48. The number of carbonyl (C=O) groups excluding carboxylic acids is 2. The largest absolute Gasteiger partial charge is 0.452 e. The fourth-order valence-corrected chi connectivity index (χ4v) is 3.74. The second-order valence-corrected chi connectivity index (χ2v) is 7.52. The summed E-state index contributed by atoms with van der Waals surface area (Å²) < 4.78 is 10.2. The number of benzene rings is 2. The number of nitrogens with one attached hydrogen (secondary N) is 1.